The smallest absolute Gasteiger partial charge is 0.243 e. The molecule has 0 saturated carbocycles. The van der Waals surface area contributed by atoms with Crippen LogP contribution in [0.25, 0.3) is 0 Å². The summed E-state index contributed by atoms with van der Waals surface area (Å²) < 4.78 is 27.5. The van der Waals surface area contributed by atoms with Crippen LogP contribution in [0.3, 0.4) is 0 Å². The third-order valence-corrected chi connectivity index (χ3v) is 7.27. The summed E-state index contributed by atoms with van der Waals surface area (Å²) in [6.45, 7) is 2.25. The third-order valence-electron chi connectivity index (χ3n) is 5.35. The van der Waals surface area contributed by atoms with E-state index < -0.39 is 16.1 Å². The SMILES string of the molecule is Cc1ccc(S(=O)(=O)N2CCCC2C(=O)Nc2ccc(Nc3ccccc3)cc2)cc1. The van der Waals surface area contributed by atoms with Crippen molar-refractivity contribution in [2.24, 2.45) is 0 Å². The fourth-order valence-electron chi connectivity index (χ4n) is 3.69. The highest BCUT2D eigenvalue weighted by atomic mass is 32.2. The molecule has 0 aromatic heterocycles. The summed E-state index contributed by atoms with van der Waals surface area (Å²) in [5.41, 5.74) is 3.49. The maximum absolute atomic E-state index is 13.1. The summed E-state index contributed by atoms with van der Waals surface area (Å²) >= 11 is 0. The highest BCUT2D eigenvalue weighted by molar-refractivity contribution is 7.89. The van der Waals surface area contributed by atoms with Gasteiger partial charge in [0, 0.05) is 23.6 Å². The number of carbonyl (C=O) groups excluding carboxylic acids is 1. The number of nitrogens with one attached hydrogen (secondary N) is 2. The van der Waals surface area contributed by atoms with Gasteiger partial charge in [-0.2, -0.15) is 4.31 Å². The molecule has 0 radical (unpaired) electrons. The Hall–Kier alpha value is -3.16. The molecular weight excluding hydrogens is 410 g/mol. The number of rotatable bonds is 6. The van der Waals surface area contributed by atoms with Crippen molar-refractivity contribution in [3.63, 3.8) is 0 Å². The Labute approximate surface area is 183 Å². The largest absolute Gasteiger partial charge is 0.356 e. The van der Waals surface area contributed by atoms with Gasteiger partial charge in [-0.05, 0) is 68.3 Å². The van der Waals surface area contributed by atoms with Crippen LogP contribution >= 0.6 is 0 Å². The minimum atomic E-state index is -3.72. The number of sulfonamides is 1. The van der Waals surface area contributed by atoms with Gasteiger partial charge in [0.25, 0.3) is 0 Å². The number of para-hydroxylation sites is 1. The van der Waals surface area contributed by atoms with E-state index in [1.165, 1.54) is 4.31 Å². The molecule has 7 heteroatoms. The summed E-state index contributed by atoms with van der Waals surface area (Å²) in [4.78, 5) is 13.1. The summed E-state index contributed by atoms with van der Waals surface area (Å²) in [7, 11) is -3.72. The Bertz CT molecular complexity index is 1140. The average Bonchev–Trinajstić information content (AvgIpc) is 3.27. The number of nitrogens with zero attached hydrogens (tertiary/aromatic N) is 1. The molecule has 1 atom stereocenters. The summed E-state index contributed by atoms with van der Waals surface area (Å²) in [6, 6.07) is 23.2. The van der Waals surface area contributed by atoms with Crippen LogP contribution < -0.4 is 10.6 Å². The second kappa shape index (κ2) is 8.91. The van der Waals surface area contributed by atoms with Crippen LogP contribution in [-0.2, 0) is 14.8 Å². The molecule has 160 valence electrons. The van der Waals surface area contributed by atoms with Gasteiger partial charge in [0.2, 0.25) is 15.9 Å². The molecule has 1 unspecified atom stereocenters. The topological polar surface area (TPSA) is 78.5 Å². The van der Waals surface area contributed by atoms with Crippen molar-refractivity contribution >= 4 is 33.0 Å². The molecule has 1 fully saturated rings. The lowest BCUT2D eigenvalue weighted by Crippen LogP contribution is -2.43. The summed E-state index contributed by atoms with van der Waals surface area (Å²) in [6.07, 6.45) is 1.16. The highest BCUT2D eigenvalue weighted by Crippen LogP contribution is 2.27. The minimum absolute atomic E-state index is 0.217. The van der Waals surface area contributed by atoms with Crippen LogP contribution in [0.2, 0.25) is 0 Å². The van der Waals surface area contributed by atoms with Crippen molar-refractivity contribution < 1.29 is 13.2 Å². The summed E-state index contributed by atoms with van der Waals surface area (Å²) in [5.74, 6) is -0.308. The molecule has 1 aliphatic heterocycles. The Balaban J connectivity index is 1.44. The molecule has 6 nitrogen and oxygen atoms in total. The molecule has 1 heterocycles. The van der Waals surface area contributed by atoms with Crippen molar-refractivity contribution in [1.29, 1.82) is 0 Å². The van der Waals surface area contributed by atoms with Crippen molar-refractivity contribution in [3.8, 4) is 0 Å². The van der Waals surface area contributed by atoms with Gasteiger partial charge < -0.3 is 10.6 Å². The predicted molar refractivity (Wildman–Crippen MR) is 123 cm³/mol. The first-order valence-electron chi connectivity index (χ1n) is 10.2. The lowest BCUT2D eigenvalue weighted by Gasteiger charge is -2.23. The van der Waals surface area contributed by atoms with Crippen LogP contribution in [0.15, 0.2) is 83.8 Å². The highest BCUT2D eigenvalue weighted by Gasteiger charge is 2.39. The van der Waals surface area contributed by atoms with Crippen LogP contribution in [0, 0.1) is 6.92 Å². The quantitative estimate of drug-likeness (QED) is 0.596. The molecule has 2 N–H and O–H groups in total. The lowest BCUT2D eigenvalue weighted by molar-refractivity contribution is -0.119. The fraction of sp³-hybridized carbons (Fsp3) is 0.208. The van der Waals surface area contributed by atoms with Gasteiger partial charge in [-0.25, -0.2) is 8.42 Å². The third kappa shape index (κ3) is 4.78. The molecular formula is C24H25N3O3S. The zero-order chi connectivity index (χ0) is 21.8. The van der Waals surface area contributed by atoms with E-state index in [0.717, 1.165) is 16.9 Å². The number of aryl methyl sites for hydroxylation is 1. The van der Waals surface area contributed by atoms with Gasteiger partial charge in [0.05, 0.1) is 4.90 Å². The van der Waals surface area contributed by atoms with Gasteiger partial charge >= 0.3 is 0 Å². The van der Waals surface area contributed by atoms with E-state index in [1.807, 2.05) is 49.4 Å². The second-order valence-electron chi connectivity index (χ2n) is 7.64. The second-order valence-corrected chi connectivity index (χ2v) is 9.54. The molecule has 0 bridgehead atoms. The van der Waals surface area contributed by atoms with E-state index in [1.54, 1.807) is 36.4 Å². The Kier molecular flexibility index (Phi) is 6.06. The van der Waals surface area contributed by atoms with E-state index in [2.05, 4.69) is 10.6 Å². The van der Waals surface area contributed by atoms with E-state index in [4.69, 9.17) is 0 Å². The zero-order valence-electron chi connectivity index (χ0n) is 17.3. The first kappa shape index (κ1) is 21.1. The van der Waals surface area contributed by atoms with Crippen LogP contribution in [-0.4, -0.2) is 31.2 Å². The van der Waals surface area contributed by atoms with E-state index in [-0.39, 0.29) is 10.8 Å². The van der Waals surface area contributed by atoms with Crippen LogP contribution in [0.4, 0.5) is 17.1 Å². The maximum atomic E-state index is 13.1. The van der Waals surface area contributed by atoms with Gasteiger partial charge in [-0.3, -0.25) is 4.79 Å². The van der Waals surface area contributed by atoms with Gasteiger partial charge in [-0.1, -0.05) is 35.9 Å². The fourth-order valence-corrected chi connectivity index (χ4v) is 5.34. The normalized spacial score (nSPS) is 16.7. The minimum Gasteiger partial charge on any atom is -0.356 e. The van der Waals surface area contributed by atoms with Gasteiger partial charge in [-0.15, -0.1) is 0 Å². The van der Waals surface area contributed by atoms with E-state index >= 15 is 0 Å². The van der Waals surface area contributed by atoms with Gasteiger partial charge in [0.15, 0.2) is 0 Å². The monoisotopic (exact) mass is 435 g/mol. The Morgan fingerprint density at radius 3 is 2.16 bits per heavy atom. The Morgan fingerprint density at radius 2 is 1.48 bits per heavy atom. The predicted octanol–water partition coefficient (Wildman–Crippen LogP) is 4.53. The molecule has 0 aliphatic carbocycles. The molecule has 4 rings (SSSR count). The molecule has 3 aromatic carbocycles. The van der Waals surface area contributed by atoms with Gasteiger partial charge in [0.1, 0.15) is 6.04 Å². The van der Waals surface area contributed by atoms with Crippen molar-refractivity contribution in [2.45, 2.75) is 30.7 Å². The molecule has 31 heavy (non-hydrogen) atoms. The number of anilines is 3. The number of benzene rings is 3. The van der Waals surface area contributed by atoms with Crippen molar-refractivity contribution in [1.82, 2.24) is 4.31 Å². The molecule has 0 spiro atoms. The van der Waals surface area contributed by atoms with Crippen molar-refractivity contribution in [3.05, 3.63) is 84.4 Å². The molecule has 1 saturated heterocycles. The van der Waals surface area contributed by atoms with E-state index in [9.17, 15) is 13.2 Å². The lowest BCUT2D eigenvalue weighted by atomic mass is 10.2. The number of amides is 1. The molecule has 1 amide bonds. The molecule has 1 aliphatic rings. The first-order chi connectivity index (χ1) is 14.9. The maximum Gasteiger partial charge on any atom is 0.243 e. The number of carbonyl (C=O) groups is 1. The number of hydrogen-bond acceptors (Lipinski definition) is 4. The average molecular weight is 436 g/mol. The first-order valence-corrected chi connectivity index (χ1v) is 11.7. The van der Waals surface area contributed by atoms with E-state index in [0.29, 0.717) is 25.1 Å². The van der Waals surface area contributed by atoms with Crippen molar-refractivity contribution in [2.75, 3.05) is 17.2 Å². The Morgan fingerprint density at radius 1 is 0.871 bits per heavy atom. The van der Waals surface area contributed by atoms with Crippen LogP contribution in [0.1, 0.15) is 18.4 Å². The zero-order valence-corrected chi connectivity index (χ0v) is 18.1. The summed E-state index contributed by atoms with van der Waals surface area (Å²) in [5, 5.41) is 6.15. The standard InChI is InChI=1S/C24H25N3O3S/c1-18-9-15-22(16-10-18)31(29,30)27-17-5-8-23(27)24(28)26-21-13-11-20(12-14-21)25-19-6-3-2-4-7-19/h2-4,6-7,9-16,23,25H,5,8,17H2,1H3,(H,26,28). The van der Waals surface area contributed by atoms with Crippen LogP contribution in [0.5, 0.6) is 0 Å². The molecule has 3 aromatic rings. The number of hydrogen-bond donors (Lipinski definition) is 2.